The van der Waals surface area contributed by atoms with E-state index in [2.05, 4.69) is 0 Å². The Morgan fingerprint density at radius 2 is 1.30 bits per heavy atom. The van der Waals surface area contributed by atoms with Crippen molar-refractivity contribution in [1.82, 2.24) is 0 Å². The predicted octanol–water partition coefficient (Wildman–Crippen LogP) is -1.49. The fraction of sp³-hybridized carbons (Fsp3) is 1.00. The van der Waals surface area contributed by atoms with E-state index in [0.717, 1.165) is 0 Å². The highest BCUT2D eigenvalue weighted by atomic mass is 16.6. The second kappa shape index (κ2) is 2.17. The van der Waals surface area contributed by atoms with Crippen LogP contribution in [0.25, 0.3) is 0 Å². The summed E-state index contributed by atoms with van der Waals surface area (Å²) in [7, 11) is 0. The number of hydrogen-bond acceptors (Lipinski definition) is 4. The highest BCUT2D eigenvalue weighted by molar-refractivity contribution is 4.93. The van der Waals surface area contributed by atoms with Gasteiger partial charge in [-0.05, 0) is 0 Å². The van der Waals surface area contributed by atoms with Gasteiger partial charge < -0.3 is 19.7 Å². The quantitative estimate of drug-likeness (QED) is 0.437. The Morgan fingerprint density at radius 1 is 0.900 bits per heavy atom. The summed E-state index contributed by atoms with van der Waals surface area (Å²) in [6.07, 6.45) is -1.70. The van der Waals surface area contributed by atoms with E-state index in [0.29, 0.717) is 0 Å². The van der Waals surface area contributed by atoms with Crippen LogP contribution in [0.4, 0.5) is 0 Å². The minimum atomic E-state index is -0.554. The number of aliphatic hydroxyl groups is 2. The Kier molecular flexibility index (Phi) is 1.42. The molecule has 2 N–H and O–H groups in total. The van der Waals surface area contributed by atoms with Crippen molar-refractivity contribution in [3.63, 3.8) is 0 Å². The van der Waals surface area contributed by atoms with Crippen LogP contribution in [-0.2, 0) is 9.47 Å². The van der Waals surface area contributed by atoms with Gasteiger partial charge in [-0.15, -0.1) is 0 Å². The van der Waals surface area contributed by atoms with Crippen LogP contribution in [-0.4, -0.2) is 47.8 Å². The number of aliphatic hydroxyl groups excluding tert-OH is 2. The van der Waals surface area contributed by atoms with Gasteiger partial charge in [0, 0.05) is 0 Å². The minimum Gasteiger partial charge on any atom is -0.388 e. The van der Waals surface area contributed by atoms with Crippen molar-refractivity contribution in [3.05, 3.63) is 0 Å². The lowest BCUT2D eigenvalue weighted by molar-refractivity contribution is 0.00205. The molecule has 2 saturated heterocycles. The zero-order valence-electron chi connectivity index (χ0n) is 5.43. The summed E-state index contributed by atoms with van der Waals surface area (Å²) >= 11 is 0. The van der Waals surface area contributed by atoms with Crippen molar-refractivity contribution in [2.24, 2.45) is 0 Å². The zero-order chi connectivity index (χ0) is 7.14. The maximum Gasteiger partial charge on any atom is 0.114 e. The van der Waals surface area contributed by atoms with Crippen LogP contribution >= 0.6 is 0 Å². The smallest absolute Gasteiger partial charge is 0.114 e. The molecule has 0 aliphatic carbocycles. The number of rotatable bonds is 0. The average molecular weight is 146 g/mol. The molecule has 58 valence electrons. The van der Waals surface area contributed by atoms with E-state index < -0.39 is 12.2 Å². The molecule has 0 amide bonds. The number of fused-ring (bicyclic) bond motifs is 1. The minimum absolute atomic E-state index is 0.284. The van der Waals surface area contributed by atoms with E-state index in [9.17, 15) is 0 Å². The molecule has 0 radical (unpaired) electrons. The molecule has 4 atom stereocenters. The Bertz CT molecular complexity index is 122. The molecule has 3 unspecified atom stereocenters. The van der Waals surface area contributed by atoms with E-state index in [1.807, 2.05) is 0 Å². The van der Waals surface area contributed by atoms with Crippen LogP contribution in [0.5, 0.6) is 0 Å². The van der Waals surface area contributed by atoms with E-state index in [1.165, 1.54) is 0 Å². The third-order valence-electron chi connectivity index (χ3n) is 2.00. The topological polar surface area (TPSA) is 58.9 Å². The normalized spacial score (nSPS) is 53.4. The molecule has 0 aromatic carbocycles. The van der Waals surface area contributed by atoms with Crippen LogP contribution in [0.2, 0.25) is 0 Å². The molecule has 2 rings (SSSR count). The third-order valence-corrected chi connectivity index (χ3v) is 2.00. The molecule has 2 fully saturated rings. The van der Waals surface area contributed by atoms with E-state index in [1.54, 1.807) is 0 Å². The molecule has 0 aromatic heterocycles. The van der Waals surface area contributed by atoms with Crippen LogP contribution in [0, 0.1) is 0 Å². The SMILES string of the molecule is OC1COC2C1OC[C@H]2O. The first kappa shape index (κ1) is 6.54. The van der Waals surface area contributed by atoms with Crippen molar-refractivity contribution in [3.8, 4) is 0 Å². The number of hydrogen-bond donors (Lipinski definition) is 2. The standard InChI is InChI=1S/C6H10O4/c7-3-1-9-6-4(8)2-10-5(3)6/h3-8H,1-2H2/t3-,4?,5?,6?/m1/s1. The molecule has 2 aliphatic heterocycles. The van der Waals surface area contributed by atoms with Crippen molar-refractivity contribution in [2.75, 3.05) is 13.2 Å². The van der Waals surface area contributed by atoms with Crippen molar-refractivity contribution in [1.29, 1.82) is 0 Å². The highest BCUT2D eigenvalue weighted by Crippen LogP contribution is 2.26. The van der Waals surface area contributed by atoms with Crippen LogP contribution < -0.4 is 0 Å². The molecule has 0 bridgehead atoms. The third kappa shape index (κ3) is 0.769. The largest absolute Gasteiger partial charge is 0.388 e. The first-order valence-corrected chi connectivity index (χ1v) is 3.38. The van der Waals surface area contributed by atoms with Crippen LogP contribution in [0.3, 0.4) is 0 Å². The molecule has 0 aromatic rings. The first-order valence-electron chi connectivity index (χ1n) is 3.38. The molecule has 2 heterocycles. The summed E-state index contributed by atoms with van der Waals surface area (Å²) in [4.78, 5) is 0. The second-order valence-corrected chi connectivity index (χ2v) is 2.73. The van der Waals surface area contributed by atoms with Crippen molar-refractivity contribution in [2.45, 2.75) is 24.4 Å². The molecular formula is C6H10O4. The van der Waals surface area contributed by atoms with E-state index >= 15 is 0 Å². The lowest BCUT2D eigenvalue weighted by Crippen LogP contribution is -2.30. The predicted molar refractivity (Wildman–Crippen MR) is 31.5 cm³/mol. The van der Waals surface area contributed by atoms with Gasteiger partial charge in [0.2, 0.25) is 0 Å². The molecule has 4 heteroatoms. The first-order chi connectivity index (χ1) is 4.79. The molecule has 10 heavy (non-hydrogen) atoms. The fourth-order valence-corrected chi connectivity index (χ4v) is 1.46. The van der Waals surface area contributed by atoms with Gasteiger partial charge in [-0.25, -0.2) is 0 Å². The molecule has 0 saturated carbocycles. The van der Waals surface area contributed by atoms with E-state index in [-0.39, 0.29) is 25.4 Å². The Labute approximate surface area is 58.4 Å². The fourth-order valence-electron chi connectivity index (χ4n) is 1.46. The van der Waals surface area contributed by atoms with E-state index in [4.69, 9.17) is 19.7 Å². The maximum absolute atomic E-state index is 9.16. The van der Waals surface area contributed by atoms with Crippen molar-refractivity contribution >= 4 is 0 Å². The second-order valence-electron chi connectivity index (χ2n) is 2.73. The van der Waals surface area contributed by atoms with Gasteiger partial charge in [0.05, 0.1) is 13.2 Å². The Morgan fingerprint density at radius 3 is 1.70 bits per heavy atom. The van der Waals surface area contributed by atoms with Gasteiger partial charge in [-0.2, -0.15) is 0 Å². The van der Waals surface area contributed by atoms with Gasteiger partial charge in [0.25, 0.3) is 0 Å². The summed E-state index contributed by atoms with van der Waals surface area (Å²) < 4.78 is 10.2. The lowest BCUT2D eigenvalue weighted by atomic mass is 10.1. The van der Waals surface area contributed by atoms with Crippen LogP contribution in [0.15, 0.2) is 0 Å². The summed E-state index contributed by atoms with van der Waals surface area (Å²) in [5.74, 6) is 0. The average Bonchev–Trinajstić information content (AvgIpc) is 2.41. The summed E-state index contributed by atoms with van der Waals surface area (Å²) in [5.41, 5.74) is 0. The summed E-state index contributed by atoms with van der Waals surface area (Å²) in [5, 5.41) is 18.3. The van der Waals surface area contributed by atoms with Crippen LogP contribution in [0.1, 0.15) is 0 Å². The number of ether oxygens (including phenoxy) is 2. The maximum atomic E-state index is 9.16. The molecule has 4 nitrogen and oxygen atoms in total. The van der Waals surface area contributed by atoms with Gasteiger partial charge in [-0.1, -0.05) is 0 Å². The summed E-state index contributed by atoms with van der Waals surface area (Å²) in [6, 6.07) is 0. The monoisotopic (exact) mass is 146 g/mol. The van der Waals surface area contributed by atoms with Gasteiger partial charge in [-0.3, -0.25) is 0 Å². The van der Waals surface area contributed by atoms with Gasteiger partial charge in [0.1, 0.15) is 24.4 Å². The van der Waals surface area contributed by atoms with Crippen molar-refractivity contribution < 1.29 is 19.7 Å². The Balaban J connectivity index is 2.09. The van der Waals surface area contributed by atoms with Gasteiger partial charge in [0.15, 0.2) is 0 Å². The summed E-state index contributed by atoms with van der Waals surface area (Å²) in [6.45, 7) is 0.568. The Hall–Kier alpha value is -0.160. The lowest BCUT2D eigenvalue weighted by Gasteiger charge is -2.09. The molecule has 2 aliphatic rings. The van der Waals surface area contributed by atoms with Gasteiger partial charge >= 0.3 is 0 Å². The molecular weight excluding hydrogens is 136 g/mol. The highest BCUT2D eigenvalue weighted by Gasteiger charge is 2.46. The zero-order valence-corrected chi connectivity index (χ0v) is 5.43. The molecule has 0 spiro atoms.